The van der Waals surface area contributed by atoms with Gasteiger partial charge in [0, 0.05) is 36.8 Å². The van der Waals surface area contributed by atoms with E-state index < -0.39 is 17.2 Å². The Hall–Kier alpha value is -2.41. The molecule has 1 atom stereocenters. The summed E-state index contributed by atoms with van der Waals surface area (Å²) in [7, 11) is 0. The van der Waals surface area contributed by atoms with E-state index in [9.17, 15) is 19.1 Å². The summed E-state index contributed by atoms with van der Waals surface area (Å²) in [6.45, 7) is 1.18. The number of hydrogen-bond donors (Lipinski definition) is 2. The van der Waals surface area contributed by atoms with Crippen molar-refractivity contribution in [2.24, 2.45) is 5.73 Å². The van der Waals surface area contributed by atoms with Gasteiger partial charge in [-0.15, -0.1) is 0 Å². The molecule has 0 radical (unpaired) electrons. The maximum Gasteiger partial charge on any atom is 0.341 e. The van der Waals surface area contributed by atoms with E-state index in [0.29, 0.717) is 17.7 Å². The summed E-state index contributed by atoms with van der Waals surface area (Å²) in [5, 5.41) is 9.37. The van der Waals surface area contributed by atoms with Crippen molar-refractivity contribution in [3.8, 4) is 0 Å². The van der Waals surface area contributed by atoms with Crippen LogP contribution >= 0.6 is 0 Å². The van der Waals surface area contributed by atoms with Crippen molar-refractivity contribution in [3.05, 3.63) is 39.9 Å². The molecule has 1 aromatic heterocycles. The smallest absolute Gasteiger partial charge is 0.341 e. The first-order chi connectivity index (χ1) is 11.5. The first-order valence-corrected chi connectivity index (χ1v) is 8.09. The molecule has 0 spiro atoms. The fourth-order valence-corrected chi connectivity index (χ4v) is 3.39. The van der Waals surface area contributed by atoms with Gasteiger partial charge in [0.05, 0.1) is 11.2 Å². The number of benzene rings is 1. The number of carbonyl (C=O) groups is 1. The minimum Gasteiger partial charge on any atom is -0.477 e. The Morgan fingerprint density at radius 3 is 2.62 bits per heavy atom. The van der Waals surface area contributed by atoms with Gasteiger partial charge in [-0.05, 0) is 31.4 Å². The lowest BCUT2D eigenvalue weighted by atomic mass is 10.0. The molecular weight excluding hydrogens is 313 g/mol. The van der Waals surface area contributed by atoms with Crippen molar-refractivity contribution in [2.45, 2.75) is 31.3 Å². The molecule has 24 heavy (non-hydrogen) atoms. The van der Waals surface area contributed by atoms with Gasteiger partial charge in [-0.2, -0.15) is 0 Å². The van der Waals surface area contributed by atoms with Gasteiger partial charge < -0.3 is 20.3 Å². The highest BCUT2D eigenvalue weighted by Crippen LogP contribution is 2.39. The number of pyridine rings is 1. The largest absolute Gasteiger partial charge is 0.477 e. The number of anilines is 1. The van der Waals surface area contributed by atoms with Crippen molar-refractivity contribution in [3.63, 3.8) is 0 Å². The summed E-state index contributed by atoms with van der Waals surface area (Å²) in [5.74, 6) is -1.80. The zero-order chi connectivity index (χ0) is 17.0. The molecule has 1 aromatic carbocycles. The highest BCUT2D eigenvalue weighted by atomic mass is 19.1. The number of hydrogen-bond acceptors (Lipinski definition) is 4. The van der Waals surface area contributed by atoms with Crippen LogP contribution < -0.4 is 16.1 Å². The molecule has 1 aliphatic heterocycles. The fourth-order valence-electron chi connectivity index (χ4n) is 3.39. The Bertz CT molecular complexity index is 902. The molecule has 1 saturated heterocycles. The number of nitrogens with zero attached hydrogens (tertiary/aromatic N) is 2. The van der Waals surface area contributed by atoms with Crippen LogP contribution in [0.4, 0.5) is 10.1 Å². The van der Waals surface area contributed by atoms with Crippen molar-refractivity contribution >= 4 is 22.6 Å². The van der Waals surface area contributed by atoms with Gasteiger partial charge in [0.15, 0.2) is 0 Å². The lowest BCUT2D eigenvalue weighted by Gasteiger charge is -2.42. The van der Waals surface area contributed by atoms with E-state index >= 15 is 0 Å². The second kappa shape index (κ2) is 5.31. The van der Waals surface area contributed by atoms with Crippen LogP contribution in [0, 0.1) is 5.82 Å². The average Bonchev–Trinajstić information content (AvgIpc) is 3.33. The molecule has 4 rings (SSSR count). The van der Waals surface area contributed by atoms with E-state index in [4.69, 9.17) is 5.73 Å². The SMILES string of the molecule is NC[C@H]1CCN1c1cc2c(cc1F)c(=O)c(C(=O)O)cn2C1CC1. The van der Waals surface area contributed by atoms with Crippen molar-refractivity contribution in [1.82, 2.24) is 4.57 Å². The Kier molecular flexibility index (Phi) is 3.35. The summed E-state index contributed by atoms with van der Waals surface area (Å²) >= 11 is 0. The van der Waals surface area contributed by atoms with Crippen LogP contribution in [0.15, 0.2) is 23.1 Å². The maximum absolute atomic E-state index is 14.6. The second-order valence-corrected chi connectivity index (χ2v) is 6.51. The van der Waals surface area contributed by atoms with E-state index in [2.05, 4.69) is 0 Å². The summed E-state index contributed by atoms with van der Waals surface area (Å²) in [4.78, 5) is 25.6. The predicted octanol–water partition coefficient (Wildman–Crippen LogP) is 1.71. The quantitative estimate of drug-likeness (QED) is 0.890. The van der Waals surface area contributed by atoms with Gasteiger partial charge in [0.25, 0.3) is 0 Å². The monoisotopic (exact) mass is 331 g/mol. The molecule has 6 nitrogen and oxygen atoms in total. The van der Waals surface area contributed by atoms with Crippen molar-refractivity contribution in [2.75, 3.05) is 18.0 Å². The molecule has 1 aliphatic carbocycles. The topological polar surface area (TPSA) is 88.6 Å². The number of rotatable bonds is 4. The molecule has 3 N–H and O–H groups in total. The van der Waals surface area contributed by atoms with Crippen LogP contribution in [-0.4, -0.2) is 34.8 Å². The Morgan fingerprint density at radius 2 is 2.08 bits per heavy atom. The average molecular weight is 331 g/mol. The third-order valence-corrected chi connectivity index (χ3v) is 5.00. The number of carboxylic acid groups (broad SMARTS) is 1. The van der Waals surface area contributed by atoms with E-state index in [1.807, 2.05) is 4.90 Å². The van der Waals surface area contributed by atoms with Crippen LogP contribution in [0.25, 0.3) is 10.9 Å². The lowest BCUT2D eigenvalue weighted by Crippen LogP contribution is -2.52. The van der Waals surface area contributed by atoms with E-state index in [1.165, 1.54) is 12.3 Å². The van der Waals surface area contributed by atoms with Crippen LogP contribution in [-0.2, 0) is 0 Å². The van der Waals surface area contributed by atoms with Crippen molar-refractivity contribution in [1.29, 1.82) is 0 Å². The van der Waals surface area contributed by atoms with Crippen LogP contribution in [0.3, 0.4) is 0 Å². The van der Waals surface area contributed by atoms with E-state index in [-0.39, 0.29) is 23.0 Å². The first kappa shape index (κ1) is 15.1. The Balaban J connectivity index is 1.96. The minimum atomic E-state index is -1.29. The van der Waals surface area contributed by atoms with Crippen LogP contribution in [0.1, 0.15) is 35.7 Å². The standard InChI is InChI=1S/C17H18FN3O3/c18-13-5-11-14(6-15(13)20-4-3-10(20)7-19)21(9-1-2-9)8-12(16(11)22)17(23)24/h5-6,8-10H,1-4,7,19H2,(H,23,24)/t10-/m1/s1. The normalized spacial score (nSPS) is 20.2. The number of halogens is 1. The summed E-state index contributed by atoms with van der Waals surface area (Å²) in [5.41, 5.74) is 5.77. The Labute approximate surface area is 137 Å². The molecule has 2 heterocycles. The molecule has 2 aliphatic rings. The molecule has 0 unspecified atom stereocenters. The van der Waals surface area contributed by atoms with E-state index in [1.54, 1.807) is 10.6 Å². The highest BCUT2D eigenvalue weighted by molar-refractivity contribution is 5.93. The third kappa shape index (κ3) is 2.19. The fraction of sp³-hybridized carbons (Fsp3) is 0.412. The highest BCUT2D eigenvalue weighted by Gasteiger charge is 2.31. The van der Waals surface area contributed by atoms with Gasteiger partial charge >= 0.3 is 5.97 Å². The molecule has 126 valence electrons. The summed E-state index contributed by atoms with van der Waals surface area (Å²) in [6, 6.07) is 3.12. The number of aromatic nitrogens is 1. The molecular formula is C17H18FN3O3. The lowest BCUT2D eigenvalue weighted by molar-refractivity contribution is 0.0695. The second-order valence-electron chi connectivity index (χ2n) is 6.51. The van der Waals surface area contributed by atoms with Crippen LogP contribution in [0.5, 0.6) is 0 Å². The molecule has 2 fully saturated rings. The van der Waals surface area contributed by atoms with Gasteiger partial charge in [-0.3, -0.25) is 4.79 Å². The molecule has 2 aromatic rings. The minimum absolute atomic E-state index is 0.108. The molecule has 0 amide bonds. The molecule has 0 bridgehead atoms. The summed E-state index contributed by atoms with van der Waals surface area (Å²) < 4.78 is 16.4. The predicted molar refractivity (Wildman–Crippen MR) is 88.2 cm³/mol. The van der Waals surface area contributed by atoms with Crippen LogP contribution in [0.2, 0.25) is 0 Å². The maximum atomic E-state index is 14.6. The van der Waals surface area contributed by atoms with Crippen molar-refractivity contribution < 1.29 is 14.3 Å². The van der Waals surface area contributed by atoms with Gasteiger partial charge in [0.1, 0.15) is 11.4 Å². The zero-order valence-corrected chi connectivity index (χ0v) is 13.0. The molecule has 7 heteroatoms. The number of nitrogens with two attached hydrogens (primary N) is 1. The first-order valence-electron chi connectivity index (χ1n) is 8.09. The van der Waals surface area contributed by atoms with Gasteiger partial charge in [0.2, 0.25) is 5.43 Å². The number of aromatic carboxylic acids is 1. The van der Waals surface area contributed by atoms with E-state index in [0.717, 1.165) is 25.8 Å². The number of fused-ring (bicyclic) bond motifs is 1. The third-order valence-electron chi connectivity index (χ3n) is 5.00. The number of carboxylic acids is 1. The molecule has 1 saturated carbocycles. The summed E-state index contributed by atoms with van der Waals surface area (Å²) in [6.07, 6.45) is 4.17. The Morgan fingerprint density at radius 1 is 1.33 bits per heavy atom. The van der Waals surface area contributed by atoms with Gasteiger partial charge in [-0.25, -0.2) is 9.18 Å². The zero-order valence-electron chi connectivity index (χ0n) is 13.0. The van der Waals surface area contributed by atoms with Gasteiger partial charge in [-0.1, -0.05) is 0 Å².